The van der Waals surface area contributed by atoms with Crippen molar-refractivity contribution >= 4 is 39.3 Å². The Kier molecular flexibility index (Phi) is 3.47. The molecular weight excluding hydrogens is 302 g/mol. The fourth-order valence-electron chi connectivity index (χ4n) is 1.77. The lowest BCUT2D eigenvalue weighted by atomic mass is 10.2. The van der Waals surface area contributed by atoms with E-state index >= 15 is 0 Å². The van der Waals surface area contributed by atoms with Crippen LogP contribution in [-0.4, -0.2) is 31.3 Å². The van der Waals surface area contributed by atoms with E-state index in [9.17, 15) is 14.4 Å². The van der Waals surface area contributed by atoms with Crippen LogP contribution in [0.2, 0.25) is 0 Å². The van der Waals surface area contributed by atoms with Crippen LogP contribution in [-0.2, 0) is 14.3 Å². The monoisotopic (exact) mass is 311 g/mol. The van der Waals surface area contributed by atoms with Gasteiger partial charge in [-0.25, -0.2) is 4.79 Å². The molecule has 5 nitrogen and oxygen atoms in total. The number of methoxy groups -OCH3 is 1. The number of hydrogen-bond donors (Lipinski definition) is 0. The summed E-state index contributed by atoms with van der Waals surface area (Å²) in [5.74, 6) is -0.875. The molecule has 0 saturated carbocycles. The molecule has 1 aromatic rings. The van der Waals surface area contributed by atoms with Crippen molar-refractivity contribution < 1.29 is 19.1 Å². The van der Waals surface area contributed by atoms with Crippen LogP contribution >= 0.6 is 15.9 Å². The predicted molar refractivity (Wildman–Crippen MR) is 67.5 cm³/mol. The van der Waals surface area contributed by atoms with E-state index in [0.29, 0.717) is 15.7 Å². The number of rotatable bonds is 2. The number of benzene rings is 1. The highest BCUT2D eigenvalue weighted by atomic mass is 79.9. The number of esters is 1. The van der Waals surface area contributed by atoms with Gasteiger partial charge in [-0.15, -0.1) is 0 Å². The molecule has 0 N–H and O–H groups in total. The number of carbonyl (C=O) groups is 3. The molecule has 0 aromatic heterocycles. The van der Waals surface area contributed by atoms with Crippen LogP contribution in [0.4, 0.5) is 5.69 Å². The maximum Gasteiger partial charge on any atom is 0.337 e. The lowest BCUT2D eigenvalue weighted by Gasteiger charge is -2.17. The summed E-state index contributed by atoms with van der Waals surface area (Å²) < 4.78 is 5.27. The lowest BCUT2D eigenvalue weighted by molar-refractivity contribution is -0.121. The third-order valence-electron chi connectivity index (χ3n) is 2.64. The summed E-state index contributed by atoms with van der Waals surface area (Å²) in [5, 5.41) is 0. The summed E-state index contributed by atoms with van der Waals surface area (Å²) in [7, 11) is 1.29. The number of halogens is 1. The number of ether oxygens (including phenoxy) is 1. The topological polar surface area (TPSA) is 63.7 Å². The molecule has 18 heavy (non-hydrogen) atoms. The van der Waals surface area contributed by atoms with E-state index in [1.807, 2.05) is 0 Å². The standard InChI is InChI=1S/C12H10BrNO4/c1-18-12(17)7-2-3-9(13)10(4-7)14-6-8(15)5-11(14)16/h2-4H,5-6H2,1H3. The molecule has 1 saturated heterocycles. The third kappa shape index (κ3) is 2.28. The lowest BCUT2D eigenvalue weighted by Crippen LogP contribution is -2.25. The van der Waals surface area contributed by atoms with Gasteiger partial charge in [0, 0.05) is 4.47 Å². The van der Waals surface area contributed by atoms with Gasteiger partial charge in [-0.1, -0.05) is 0 Å². The average molecular weight is 312 g/mol. The Labute approximate surface area is 112 Å². The Morgan fingerprint density at radius 3 is 2.67 bits per heavy atom. The van der Waals surface area contributed by atoms with Crippen LogP contribution in [0.25, 0.3) is 0 Å². The van der Waals surface area contributed by atoms with Gasteiger partial charge < -0.3 is 9.64 Å². The van der Waals surface area contributed by atoms with E-state index in [1.54, 1.807) is 12.1 Å². The first-order valence-corrected chi connectivity index (χ1v) is 6.02. The number of hydrogen-bond acceptors (Lipinski definition) is 4. The molecule has 0 unspecified atom stereocenters. The number of Topliss-reactive ketones (excluding diaryl/α,β-unsaturated/α-hetero) is 1. The van der Waals surface area contributed by atoms with Crippen LogP contribution in [0.5, 0.6) is 0 Å². The number of carbonyl (C=O) groups excluding carboxylic acids is 3. The number of amides is 1. The summed E-state index contributed by atoms with van der Waals surface area (Å²) >= 11 is 3.30. The van der Waals surface area contributed by atoms with E-state index in [-0.39, 0.29) is 24.7 Å². The fraction of sp³-hybridized carbons (Fsp3) is 0.250. The van der Waals surface area contributed by atoms with Crippen molar-refractivity contribution in [2.75, 3.05) is 18.6 Å². The van der Waals surface area contributed by atoms with Crippen molar-refractivity contribution in [1.82, 2.24) is 0 Å². The molecule has 0 atom stereocenters. The van der Waals surface area contributed by atoms with Crippen molar-refractivity contribution in [2.45, 2.75) is 6.42 Å². The zero-order chi connectivity index (χ0) is 13.3. The van der Waals surface area contributed by atoms with Gasteiger partial charge in [0.1, 0.15) is 0 Å². The van der Waals surface area contributed by atoms with E-state index in [1.165, 1.54) is 18.1 Å². The zero-order valence-corrected chi connectivity index (χ0v) is 11.2. The van der Waals surface area contributed by atoms with E-state index in [0.717, 1.165) is 0 Å². The number of ketones is 1. The van der Waals surface area contributed by atoms with Gasteiger partial charge in [0.2, 0.25) is 5.91 Å². The van der Waals surface area contributed by atoms with Crippen LogP contribution in [0, 0.1) is 0 Å². The molecule has 1 amide bonds. The zero-order valence-electron chi connectivity index (χ0n) is 9.60. The van der Waals surface area contributed by atoms with Crippen molar-refractivity contribution in [1.29, 1.82) is 0 Å². The van der Waals surface area contributed by atoms with Crippen LogP contribution in [0.15, 0.2) is 22.7 Å². The molecular formula is C12H10BrNO4. The molecule has 1 aromatic carbocycles. The largest absolute Gasteiger partial charge is 0.465 e. The van der Waals surface area contributed by atoms with Crippen LogP contribution in [0.3, 0.4) is 0 Å². The predicted octanol–water partition coefficient (Wildman–Crippen LogP) is 1.54. The highest BCUT2D eigenvalue weighted by Gasteiger charge is 2.30. The number of anilines is 1. The van der Waals surface area contributed by atoms with E-state index in [2.05, 4.69) is 20.7 Å². The summed E-state index contributed by atoms with van der Waals surface area (Å²) in [5.41, 5.74) is 0.844. The van der Waals surface area contributed by atoms with Gasteiger partial charge in [-0.05, 0) is 34.1 Å². The molecule has 1 aliphatic heterocycles. The normalized spacial score (nSPS) is 15.1. The van der Waals surface area contributed by atoms with E-state index in [4.69, 9.17) is 0 Å². The van der Waals surface area contributed by atoms with Gasteiger partial charge in [0.25, 0.3) is 0 Å². The molecule has 1 aliphatic rings. The van der Waals surface area contributed by atoms with Gasteiger partial charge in [-0.3, -0.25) is 9.59 Å². The average Bonchev–Trinajstić information content (AvgIpc) is 2.68. The minimum absolute atomic E-state index is 0.0437. The second-order valence-electron chi connectivity index (χ2n) is 3.85. The van der Waals surface area contributed by atoms with Gasteiger partial charge in [-0.2, -0.15) is 0 Å². The number of nitrogens with zero attached hydrogens (tertiary/aromatic N) is 1. The second-order valence-corrected chi connectivity index (χ2v) is 4.71. The van der Waals surface area contributed by atoms with Gasteiger partial charge in [0.05, 0.1) is 31.3 Å². The Bertz CT molecular complexity index is 541. The third-order valence-corrected chi connectivity index (χ3v) is 3.31. The summed E-state index contributed by atoms with van der Waals surface area (Å²) in [6, 6.07) is 4.77. The minimum Gasteiger partial charge on any atom is -0.465 e. The fourth-order valence-corrected chi connectivity index (χ4v) is 2.23. The first-order valence-electron chi connectivity index (χ1n) is 5.23. The smallest absolute Gasteiger partial charge is 0.337 e. The molecule has 2 rings (SSSR count). The molecule has 6 heteroatoms. The quantitative estimate of drug-likeness (QED) is 0.614. The highest BCUT2D eigenvalue weighted by Crippen LogP contribution is 2.30. The Hall–Kier alpha value is -1.69. The Morgan fingerprint density at radius 1 is 1.39 bits per heavy atom. The van der Waals surface area contributed by atoms with Crippen molar-refractivity contribution in [2.24, 2.45) is 0 Å². The highest BCUT2D eigenvalue weighted by molar-refractivity contribution is 9.10. The molecule has 94 valence electrons. The summed E-state index contributed by atoms with van der Waals surface area (Å²) in [4.78, 5) is 35.7. The second kappa shape index (κ2) is 4.89. The molecule has 0 aliphatic carbocycles. The first-order chi connectivity index (χ1) is 8.52. The van der Waals surface area contributed by atoms with Gasteiger partial charge in [0.15, 0.2) is 5.78 Å². The van der Waals surface area contributed by atoms with Crippen LogP contribution < -0.4 is 4.90 Å². The van der Waals surface area contributed by atoms with Crippen molar-refractivity contribution in [3.8, 4) is 0 Å². The summed E-state index contributed by atoms with van der Waals surface area (Å²) in [6.45, 7) is 0.0437. The maximum absolute atomic E-state index is 11.7. The Balaban J connectivity index is 2.41. The maximum atomic E-state index is 11.7. The van der Waals surface area contributed by atoms with E-state index < -0.39 is 5.97 Å². The van der Waals surface area contributed by atoms with Crippen LogP contribution in [0.1, 0.15) is 16.8 Å². The molecule has 0 radical (unpaired) electrons. The van der Waals surface area contributed by atoms with Gasteiger partial charge >= 0.3 is 5.97 Å². The van der Waals surface area contributed by atoms with Crippen molar-refractivity contribution in [3.05, 3.63) is 28.2 Å². The minimum atomic E-state index is -0.485. The first kappa shape index (κ1) is 12.8. The molecule has 1 heterocycles. The summed E-state index contributed by atoms with van der Waals surface area (Å²) in [6.07, 6.45) is -0.0884. The van der Waals surface area contributed by atoms with Crippen molar-refractivity contribution in [3.63, 3.8) is 0 Å². The molecule has 0 bridgehead atoms. The molecule has 0 spiro atoms. The SMILES string of the molecule is COC(=O)c1ccc(Br)c(N2CC(=O)CC2=O)c1. The Morgan fingerprint density at radius 2 is 2.11 bits per heavy atom. The molecule has 1 fully saturated rings.